The fraction of sp³-hybridized carbons (Fsp3) is 0.529. The first-order valence-corrected chi connectivity index (χ1v) is 8.91. The summed E-state index contributed by atoms with van der Waals surface area (Å²) in [7, 11) is 0. The molecule has 1 amide bonds. The van der Waals surface area contributed by atoms with Gasteiger partial charge >= 0.3 is 0 Å². The van der Waals surface area contributed by atoms with E-state index in [-0.39, 0.29) is 29.8 Å². The smallest absolute Gasteiger partial charge is 0.257 e. The fourth-order valence-electron chi connectivity index (χ4n) is 3.83. The van der Waals surface area contributed by atoms with Crippen LogP contribution in [0.4, 0.5) is 0 Å². The number of nitrogens with zero attached hydrogens (tertiary/aromatic N) is 6. The molecule has 2 aromatic rings. The van der Waals surface area contributed by atoms with Crippen LogP contribution in [0.1, 0.15) is 29.6 Å². The van der Waals surface area contributed by atoms with Gasteiger partial charge in [0.1, 0.15) is 12.1 Å². The molecule has 0 radical (unpaired) electrons. The Labute approximate surface area is 150 Å². The molecule has 2 atom stereocenters. The summed E-state index contributed by atoms with van der Waals surface area (Å²) in [6, 6.07) is 4.62. The Kier molecular flexibility index (Phi) is 4.56. The van der Waals surface area contributed by atoms with Crippen molar-refractivity contribution in [2.45, 2.75) is 31.4 Å². The largest absolute Gasteiger partial charge is 0.507 e. The third-order valence-corrected chi connectivity index (χ3v) is 5.23. The number of carbonyl (C=O) groups excluding carboxylic acids is 1. The van der Waals surface area contributed by atoms with Gasteiger partial charge in [0.25, 0.3) is 5.91 Å². The normalized spacial score (nSPS) is 24.1. The van der Waals surface area contributed by atoms with Gasteiger partial charge in [-0.15, -0.1) is 5.10 Å². The summed E-state index contributed by atoms with van der Waals surface area (Å²) in [5.74, 6) is -0.390. The predicted octanol–water partition coefficient (Wildman–Crippen LogP) is 0.0391. The Morgan fingerprint density at radius 3 is 2.69 bits per heavy atom. The lowest BCUT2D eigenvalue weighted by molar-refractivity contribution is 0.0702. The molecule has 0 spiro atoms. The van der Waals surface area contributed by atoms with Crippen LogP contribution >= 0.6 is 0 Å². The number of aliphatic hydroxyl groups excluding tert-OH is 1. The molecule has 2 aliphatic rings. The molecule has 0 unspecified atom stereocenters. The molecular formula is C17H22N6O3. The van der Waals surface area contributed by atoms with Crippen molar-refractivity contribution in [3.63, 3.8) is 0 Å². The van der Waals surface area contributed by atoms with E-state index < -0.39 is 6.10 Å². The van der Waals surface area contributed by atoms with E-state index in [4.69, 9.17) is 0 Å². The third-order valence-electron chi connectivity index (χ3n) is 5.23. The van der Waals surface area contributed by atoms with Gasteiger partial charge in [-0.25, -0.2) is 4.68 Å². The molecule has 1 aromatic carbocycles. The molecule has 26 heavy (non-hydrogen) atoms. The molecule has 138 valence electrons. The SMILES string of the molecule is O=C(c1cc(-n2cnnn2)ccc1O)N1C[C@H](O)[C@@H](N2CCCCC2)C1. The van der Waals surface area contributed by atoms with Gasteiger partial charge in [0.2, 0.25) is 0 Å². The lowest BCUT2D eigenvalue weighted by Crippen LogP contribution is -2.46. The number of carbonyl (C=O) groups is 1. The van der Waals surface area contributed by atoms with Crippen LogP contribution in [0.15, 0.2) is 24.5 Å². The number of phenols is 1. The van der Waals surface area contributed by atoms with Crippen molar-refractivity contribution in [3.8, 4) is 11.4 Å². The maximum atomic E-state index is 12.9. The summed E-state index contributed by atoms with van der Waals surface area (Å²) in [5, 5.41) is 31.6. The molecule has 1 aromatic heterocycles. The van der Waals surface area contributed by atoms with E-state index in [0.29, 0.717) is 12.2 Å². The molecule has 4 rings (SSSR count). The number of rotatable bonds is 3. The van der Waals surface area contributed by atoms with E-state index in [1.54, 1.807) is 17.0 Å². The third kappa shape index (κ3) is 3.15. The number of hydrogen-bond donors (Lipinski definition) is 2. The molecule has 2 N–H and O–H groups in total. The van der Waals surface area contributed by atoms with Crippen molar-refractivity contribution >= 4 is 5.91 Å². The minimum Gasteiger partial charge on any atom is -0.507 e. The highest BCUT2D eigenvalue weighted by Crippen LogP contribution is 2.26. The van der Waals surface area contributed by atoms with Crippen LogP contribution in [0.3, 0.4) is 0 Å². The van der Waals surface area contributed by atoms with Crippen molar-refractivity contribution in [1.82, 2.24) is 30.0 Å². The van der Waals surface area contributed by atoms with E-state index >= 15 is 0 Å². The van der Waals surface area contributed by atoms with Gasteiger partial charge in [-0.2, -0.15) is 0 Å². The van der Waals surface area contributed by atoms with Crippen molar-refractivity contribution in [2.24, 2.45) is 0 Å². The first-order valence-electron chi connectivity index (χ1n) is 8.91. The number of amides is 1. The second kappa shape index (κ2) is 7.00. The number of β-amino-alcohol motifs (C(OH)–C–C–N with tert-alkyl or cyclic N) is 1. The van der Waals surface area contributed by atoms with Crippen molar-refractivity contribution in [1.29, 1.82) is 0 Å². The Morgan fingerprint density at radius 2 is 1.96 bits per heavy atom. The van der Waals surface area contributed by atoms with E-state index in [1.807, 2.05) is 0 Å². The van der Waals surface area contributed by atoms with Crippen LogP contribution in [0.25, 0.3) is 5.69 Å². The second-order valence-corrected chi connectivity index (χ2v) is 6.90. The molecule has 3 heterocycles. The van der Waals surface area contributed by atoms with Gasteiger partial charge in [0.15, 0.2) is 0 Å². The summed E-state index contributed by atoms with van der Waals surface area (Å²) in [5.41, 5.74) is 0.771. The minimum absolute atomic E-state index is 0.0379. The number of aliphatic hydroxyl groups is 1. The zero-order valence-corrected chi connectivity index (χ0v) is 14.4. The monoisotopic (exact) mass is 358 g/mol. The maximum Gasteiger partial charge on any atom is 0.257 e. The van der Waals surface area contributed by atoms with Gasteiger partial charge in [-0.1, -0.05) is 6.42 Å². The molecule has 2 aliphatic heterocycles. The summed E-state index contributed by atoms with van der Waals surface area (Å²) in [6.45, 7) is 2.66. The molecule has 9 heteroatoms. The lowest BCUT2D eigenvalue weighted by Gasteiger charge is -2.33. The van der Waals surface area contributed by atoms with Crippen molar-refractivity contribution in [2.75, 3.05) is 26.2 Å². The topological polar surface area (TPSA) is 108 Å². The Balaban J connectivity index is 1.53. The molecular weight excluding hydrogens is 336 g/mol. The summed E-state index contributed by atoms with van der Waals surface area (Å²) < 4.78 is 1.42. The van der Waals surface area contributed by atoms with Gasteiger partial charge in [0, 0.05) is 13.1 Å². The second-order valence-electron chi connectivity index (χ2n) is 6.90. The summed E-state index contributed by atoms with van der Waals surface area (Å²) >= 11 is 0. The lowest BCUT2D eigenvalue weighted by atomic mass is 10.1. The number of likely N-dealkylation sites (tertiary alicyclic amines) is 2. The summed E-state index contributed by atoms with van der Waals surface area (Å²) in [4.78, 5) is 16.8. The molecule has 0 bridgehead atoms. The molecule has 2 saturated heterocycles. The van der Waals surface area contributed by atoms with E-state index in [1.165, 1.54) is 23.5 Å². The van der Waals surface area contributed by atoms with Crippen LogP contribution in [-0.4, -0.2) is 84.5 Å². The van der Waals surface area contributed by atoms with Crippen LogP contribution in [0.2, 0.25) is 0 Å². The molecule has 0 saturated carbocycles. The maximum absolute atomic E-state index is 12.9. The average molecular weight is 358 g/mol. The highest BCUT2D eigenvalue weighted by Gasteiger charge is 2.38. The number of hydrogen-bond acceptors (Lipinski definition) is 7. The fourth-order valence-corrected chi connectivity index (χ4v) is 3.83. The van der Waals surface area contributed by atoms with E-state index in [9.17, 15) is 15.0 Å². The molecule has 0 aliphatic carbocycles. The average Bonchev–Trinajstić information content (AvgIpc) is 3.32. The number of aromatic hydroxyl groups is 1. The quantitative estimate of drug-likeness (QED) is 0.797. The summed E-state index contributed by atoms with van der Waals surface area (Å²) in [6.07, 6.45) is 4.34. The van der Waals surface area contributed by atoms with Gasteiger partial charge in [-0.3, -0.25) is 9.69 Å². The van der Waals surface area contributed by atoms with Crippen LogP contribution in [-0.2, 0) is 0 Å². The Hall–Kier alpha value is -2.52. The van der Waals surface area contributed by atoms with Gasteiger partial charge in [-0.05, 0) is 54.6 Å². The zero-order chi connectivity index (χ0) is 18.1. The standard InChI is InChI=1S/C17H22N6O3/c24-15-5-4-12(23-11-18-19-20-23)8-13(15)17(26)22-9-14(16(25)10-22)21-6-2-1-3-7-21/h4-5,8,11,14,16,24-25H,1-3,6-7,9-10H2/t14-,16-/m0/s1. The van der Waals surface area contributed by atoms with E-state index in [2.05, 4.69) is 20.4 Å². The van der Waals surface area contributed by atoms with Crippen LogP contribution in [0, 0.1) is 0 Å². The zero-order valence-electron chi connectivity index (χ0n) is 14.4. The molecule has 2 fully saturated rings. The number of tetrazole rings is 1. The van der Waals surface area contributed by atoms with Crippen LogP contribution < -0.4 is 0 Å². The van der Waals surface area contributed by atoms with Crippen molar-refractivity contribution < 1.29 is 15.0 Å². The predicted molar refractivity (Wildman–Crippen MR) is 91.9 cm³/mol. The first-order chi connectivity index (χ1) is 12.6. The Bertz CT molecular complexity index is 775. The number of aromatic nitrogens is 4. The number of phenolic OH excluding ortho intramolecular Hbond substituents is 1. The number of piperidine rings is 1. The van der Waals surface area contributed by atoms with Crippen molar-refractivity contribution in [3.05, 3.63) is 30.1 Å². The van der Waals surface area contributed by atoms with Gasteiger partial charge in [0.05, 0.1) is 23.4 Å². The van der Waals surface area contributed by atoms with Gasteiger partial charge < -0.3 is 15.1 Å². The number of benzene rings is 1. The first kappa shape index (κ1) is 16.9. The Morgan fingerprint density at radius 1 is 1.15 bits per heavy atom. The van der Waals surface area contributed by atoms with E-state index in [0.717, 1.165) is 25.9 Å². The minimum atomic E-state index is -0.568. The molecule has 9 nitrogen and oxygen atoms in total. The van der Waals surface area contributed by atoms with Crippen LogP contribution in [0.5, 0.6) is 5.75 Å². The highest BCUT2D eigenvalue weighted by atomic mass is 16.3. The highest BCUT2D eigenvalue weighted by molar-refractivity contribution is 5.97.